The van der Waals surface area contributed by atoms with Crippen molar-refractivity contribution in [2.24, 2.45) is 5.73 Å². The molecule has 0 amide bonds. The van der Waals surface area contributed by atoms with Crippen molar-refractivity contribution in [3.8, 4) is 5.75 Å². The summed E-state index contributed by atoms with van der Waals surface area (Å²) in [5, 5.41) is 0. The van der Waals surface area contributed by atoms with Crippen molar-refractivity contribution in [2.45, 2.75) is 19.6 Å². The maximum Gasteiger partial charge on any atom is 0.127 e. The minimum Gasteiger partial charge on any atom is -0.491 e. The first-order chi connectivity index (χ1) is 9.21. The van der Waals surface area contributed by atoms with Crippen molar-refractivity contribution in [2.75, 3.05) is 32.8 Å². The molecule has 0 bridgehead atoms. The summed E-state index contributed by atoms with van der Waals surface area (Å²) in [6.07, 6.45) is 0.0401. The Morgan fingerprint density at radius 1 is 1.47 bits per heavy atom. The van der Waals surface area contributed by atoms with E-state index in [1.165, 1.54) is 12.1 Å². The van der Waals surface area contributed by atoms with Crippen LogP contribution in [0.1, 0.15) is 12.5 Å². The van der Waals surface area contributed by atoms with Gasteiger partial charge in [0.2, 0.25) is 0 Å². The average Bonchev–Trinajstić information content (AvgIpc) is 2.44. The van der Waals surface area contributed by atoms with E-state index in [-0.39, 0.29) is 11.9 Å². The number of hydrogen-bond acceptors (Lipinski definition) is 4. The monoisotopic (exact) mass is 268 g/mol. The number of benzene rings is 1. The second-order valence-electron chi connectivity index (χ2n) is 4.70. The zero-order valence-corrected chi connectivity index (χ0v) is 11.3. The number of likely N-dealkylation sites (N-methyl/N-ethyl adjacent to an activating group) is 1. The van der Waals surface area contributed by atoms with E-state index >= 15 is 0 Å². The van der Waals surface area contributed by atoms with Gasteiger partial charge in [-0.3, -0.25) is 4.90 Å². The molecule has 1 aromatic carbocycles. The Hall–Kier alpha value is -1.17. The van der Waals surface area contributed by atoms with Crippen molar-refractivity contribution >= 4 is 0 Å². The normalized spacial score (nSPS) is 20.5. The van der Waals surface area contributed by atoms with Gasteiger partial charge in [0.05, 0.1) is 6.61 Å². The van der Waals surface area contributed by atoms with Gasteiger partial charge < -0.3 is 15.2 Å². The molecule has 5 heteroatoms. The van der Waals surface area contributed by atoms with Crippen LogP contribution >= 0.6 is 0 Å². The van der Waals surface area contributed by atoms with E-state index in [0.29, 0.717) is 18.9 Å². The highest BCUT2D eigenvalue weighted by Gasteiger charge is 2.19. The fourth-order valence-electron chi connectivity index (χ4n) is 2.18. The summed E-state index contributed by atoms with van der Waals surface area (Å²) >= 11 is 0. The smallest absolute Gasteiger partial charge is 0.127 e. The second-order valence-corrected chi connectivity index (χ2v) is 4.70. The van der Waals surface area contributed by atoms with E-state index in [1.807, 2.05) is 0 Å². The van der Waals surface area contributed by atoms with Crippen LogP contribution in [-0.4, -0.2) is 43.9 Å². The maximum absolute atomic E-state index is 13.3. The number of halogens is 1. The molecule has 2 rings (SSSR count). The molecular formula is C14H21FN2O2. The van der Waals surface area contributed by atoms with Gasteiger partial charge in [0.25, 0.3) is 0 Å². The second kappa shape index (κ2) is 6.84. The van der Waals surface area contributed by atoms with Crippen molar-refractivity contribution in [1.82, 2.24) is 4.90 Å². The quantitative estimate of drug-likeness (QED) is 0.876. The van der Waals surface area contributed by atoms with Crippen molar-refractivity contribution in [3.05, 3.63) is 29.6 Å². The molecule has 1 fully saturated rings. The number of morpholine rings is 1. The predicted molar refractivity (Wildman–Crippen MR) is 71.6 cm³/mol. The number of nitrogens with two attached hydrogens (primary N) is 1. The van der Waals surface area contributed by atoms with Crippen LogP contribution in [0.2, 0.25) is 0 Å². The van der Waals surface area contributed by atoms with Gasteiger partial charge in [-0.15, -0.1) is 0 Å². The number of rotatable bonds is 5. The molecule has 1 unspecified atom stereocenters. The molecule has 1 saturated heterocycles. The first-order valence-electron chi connectivity index (χ1n) is 6.67. The lowest BCUT2D eigenvalue weighted by Crippen LogP contribution is -2.44. The van der Waals surface area contributed by atoms with Crippen molar-refractivity contribution in [3.63, 3.8) is 0 Å². The Morgan fingerprint density at radius 3 is 3.05 bits per heavy atom. The van der Waals surface area contributed by atoms with E-state index in [9.17, 15) is 4.39 Å². The topological polar surface area (TPSA) is 47.7 Å². The molecule has 106 valence electrons. The number of nitrogens with zero attached hydrogens (tertiary/aromatic N) is 1. The lowest BCUT2D eigenvalue weighted by molar-refractivity contribution is -0.0464. The molecule has 0 spiro atoms. The number of hydrogen-bond donors (Lipinski definition) is 1. The molecule has 0 aromatic heterocycles. The third-order valence-corrected chi connectivity index (χ3v) is 3.27. The summed E-state index contributed by atoms with van der Waals surface area (Å²) < 4.78 is 24.6. The van der Waals surface area contributed by atoms with Gasteiger partial charge >= 0.3 is 0 Å². The third-order valence-electron chi connectivity index (χ3n) is 3.27. The molecule has 1 heterocycles. The van der Waals surface area contributed by atoms with Gasteiger partial charge in [-0.05, 0) is 24.2 Å². The molecule has 4 nitrogen and oxygen atoms in total. The minimum atomic E-state index is -0.322. The van der Waals surface area contributed by atoms with Crippen LogP contribution in [0.4, 0.5) is 4.39 Å². The van der Waals surface area contributed by atoms with Crippen LogP contribution in [0.3, 0.4) is 0 Å². The van der Waals surface area contributed by atoms with Gasteiger partial charge in [0.1, 0.15) is 24.3 Å². The minimum absolute atomic E-state index is 0.0401. The Labute approximate surface area is 113 Å². The molecule has 1 aromatic rings. The van der Waals surface area contributed by atoms with E-state index in [1.54, 1.807) is 6.07 Å². The van der Waals surface area contributed by atoms with Crippen LogP contribution < -0.4 is 10.5 Å². The summed E-state index contributed by atoms with van der Waals surface area (Å²) in [7, 11) is 0. The van der Waals surface area contributed by atoms with Crippen LogP contribution in [-0.2, 0) is 11.3 Å². The molecule has 0 saturated carbocycles. The highest BCUT2D eigenvalue weighted by Crippen LogP contribution is 2.17. The highest BCUT2D eigenvalue weighted by molar-refractivity contribution is 5.29. The zero-order chi connectivity index (χ0) is 13.7. The fourth-order valence-corrected chi connectivity index (χ4v) is 2.18. The number of ether oxygens (including phenoxy) is 2. The Bertz CT molecular complexity index is 414. The highest BCUT2D eigenvalue weighted by atomic mass is 19.1. The standard InChI is InChI=1S/C14H21FN2O2/c1-2-17-3-4-18-14(9-17)10-19-13-6-11(8-16)5-12(15)7-13/h5-7,14H,2-4,8-10,16H2,1H3. The van der Waals surface area contributed by atoms with E-state index < -0.39 is 0 Å². The fraction of sp³-hybridized carbons (Fsp3) is 0.571. The summed E-state index contributed by atoms with van der Waals surface area (Å²) in [6, 6.07) is 4.56. The van der Waals surface area contributed by atoms with Crippen LogP contribution in [0.5, 0.6) is 5.75 Å². The Balaban J connectivity index is 1.89. The van der Waals surface area contributed by atoms with E-state index in [0.717, 1.165) is 31.8 Å². The molecule has 19 heavy (non-hydrogen) atoms. The van der Waals surface area contributed by atoms with Crippen LogP contribution in [0.25, 0.3) is 0 Å². The predicted octanol–water partition coefficient (Wildman–Crippen LogP) is 1.38. The van der Waals surface area contributed by atoms with Gasteiger partial charge in [-0.1, -0.05) is 6.92 Å². The summed E-state index contributed by atoms with van der Waals surface area (Å²) in [5.41, 5.74) is 6.24. The largest absolute Gasteiger partial charge is 0.491 e. The molecule has 0 radical (unpaired) electrons. The maximum atomic E-state index is 13.3. The van der Waals surface area contributed by atoms with Gasteiger partial charge in [0.15, 0.2) is 0 Å². The summed E-state index contributed by atoms with van der Waals surface area (Å²) in [5.74, 6) is 0.190. The molecule has 2 N–H and O–H groups in total. The van der Waals surface area contributed by atoms with Gasteiger partial charge in [-0.25, -0.2) is 4.39 Å². The van der Waals surface area contributed by atoms with Gasteiger partial charge in [0, 0.05) is 25.7 Å². The van der Waals surface area contributed by atoms with Crippen molar-refractivity contribution < 1.29 is 13.9 Å². The van der Waals surface area contributed by atoms with Crippen molar-refractivity contribution in [1.29, 1.82) is 0 Å². The molecule has 0 aliphatic carbocycles. The Kier molecular flexibility index (Phi) is 5.13. The zero-order valence-electron chi connectivity index (χ0n) is 11.3. The first-order valence-corrected chi connectivity index (χ1v) is 6.67. The molecular weight excluding hydrogens is 247 g/mol. The van der Waals surface area contributed by atoms with Gasteiger partial charge in [-0.2, -0.15) is 0 Å². The molecule has 1 atom stereocenters. The summed E-state index contributed by atoms with van der Waals surface area (Å²) in [4.78, 5) is 2.31. The van der Waals surface area contributed by atoms with E-state index in [4.69, 9.17) is 15.2 Å². The van der Waals surface area contributed by atoms with Crippen LogP contribution in [0.15, 0.2) is 18.2 Å². The SMILES string of the molecule is CCN1CCOC(COc2cc(F)cc(CN)c2)C1. The third kappa shape index (κ3) is 4.16. The average molecular weight is 268 g/mol. The van der Waals surface area contributed by atoms with Crippen LogP contribution in [0, 0.1) is 5.82 Å². The lowest BCUT2D eigenvalue weighted by Gasteiger charge is -2.31. The lowest BCUT2D eigenvalue weighted by atomic mass is 10.2. The van der Waals surface area contributed by atoms with E-state index in [2.05, 4.69) is 11.8 Å². The summed E-state index contributed by atoms with van der Waals surface area (Å²) in [6.45, 7) is 6.42. The molecule has 1 aliphatic rings. The first kappa shape index (κ1) is 14.2. The molecule has 1 aliphatic heterocycles. The Morgan fingerprint density at radius 2 is 2.32 bits per heavy atom.